The van der Waals surface area contributed by atoms with E-state index in [2.05, 4.69) is 19.2 Å². The topological polar surface area (TPSA) is 12.0 Å². The van der Waals surface area contributed by atoms with E-state index in [-0.39, 0.29) is 11.2 Å². The molecule has 0 atom stereocenters. The summed E-state index contributed by atoms with van der Waals surface area (Å²) < 4.78 is 13.3. The molecule has 2 aliphatic carbocycles. The Kier molecular flexibility index (Phi) is 3.81. The molecule has 0 heterocycles. The van der Waals surface area contributed by atoms with Gasteiger partial charge in [-0.3, -0.25) is 0 Å². The molecule has 2 fully saturated rings. The number of nitrogens with one attached hydrogen (secondary N) is 1. The van der Waals surface area contributed by atoms with Gasteiger partial charge in [0.05, 0.1) is 0 Å². The molecule has 0 radical (unpaired) electrons. The number of hydrogen-bond acceptors (Lipinski definition) is 1. The summed E-state index contributed by atoms with van der Waals surface area (Å²) in [6.07, 6.45) is 4.91. The molecule has 0 amide bonds. The van der Waals surface area contributed by atoms with Crippen LogP contribution in [0.2, 0.25) is 5.02 Å². The lowest BCUT2D eigenvalue weighted by Gasteiger charge is -2.50. The van der Waals surface area contributed by atoms with Crippen LogP contribution in [0.3, 0.4) is 0 Å². The lowest BCUT2D eigenvalue weighted by atomic mass is 9.55. The third kappa shape index (κ3) is 2.73. The Labute approximate surface area is 125 Å². The summed E-state index contributed by atoms with van der Waals surface area (Å²) in [4.78, 5) is 0. The maximum absolute atomic E-state index is 13.3. The van der Waals surface area contributed by atoms with Crippen LogP contribution < -0.4 is 5.32 Å². The summed E-state index contributed by atoms with van der Waals surface area (Å²) in [6.45, 7) is 5.55. The monoisotopic (exact) mass is 295 g/mol. The minimum absolute atomic E-state index is 0.113. The fourth-order valence-electron chi connectivity index (χ4n) is 3.42. The molecular weight excluding hydrogens is 273 g/mol. The molecule has 0 spiro atoms. The molecule has 0 bridgehead atoms. The van der Waals surface area contributed by atoms with Gasteiger partial charge in [-0.1, -0.05) is 31.5 Å². The normalized spacial score (nSPS) is 29.6. The quantitative estimate of drug-likeness (QED) is 0.841. The lowest BCUT2D eigenvalue weighted by Crippen LogP contribution is -2.50. The zero-order valence-electron chi connectivity index (χ0n) is 12.3. The minimum Gasteiger partial charge on any atom is -0.313 e. The van der Waals surface area contributed by atoms with E-state index >= 15 is 0 Å². The first kappa shape index (κ1) is 14.3. The second-order valence-corrected chi connectivity index (χ2v) is 7.38. The van der Waals surface area contributed by atoms with Gasteiger partial charge in [0, 0.05) is 23.0 Å². The summed E-state index contributed by atoms with van der Waals surface area (Å²) in [6, 6.07) is 5.59. The molecule has 20 heavy (non-hydrogen) atoms. The van der Waals surface area contributed by atoms with Crippen molar-refractivity contribution < 1.29 is 4.39 Å². The first-order valence-electron chi connectivity index (χ1n) is 7.69. The predicted octanol–water partition coefficient (Wildman–Crippen LogP) is 4.53. The molecule has 2 aliphatic rings. The maximum Gasteiger partial charge on any atom is 0.124 e. The Morgan fingerprint density at radius 3 is 2.60 bits per heavy atom. The van der Waals surface area contributed by atoms with Gasteiger partial charge in [-0.05, 0) is 55.2 Å². The van der Waals surface area contributed by atoms with E-state index in [1.807, 2.05) is 6.07 Å². The molecule has 1 N–H and O–H groups in total. The van der Waals surface area contributed by atoms with Gasteiger partial charge >= 0.3 is 0 Å². The van der Waals surface area contributed by atoms with Crippen LogP contribution in [0, 0.1) is 17.7 Å². The van der Waals surface area contributed by atoms with Crippen molar-refractivity contribution in [1.82, 2.24) is 5.32 Å². The number of benzene rings is 1. The lowest BCUT2D eigenvalue weighted by molar-refractivity contribution is 0.0974. The number of rotatable bonds is 5. The molecule has 0 unspecified atom stereocenters. The van der Waals surface area contributed by atoms with Crippen molar-refractivity contribution in [3.8, 4) is 0 Å². The average molecular weight is 296 g/mol. The van der Waals surface area contributed by atoms with E-state index in [0.717, 1.165) is 30.9 Å². The first-order valence-corrected chi connectivity index (χ1v) is 8.07. The first-order chi connectivity index (χ1) is 9.50. The fourth-order valence-corrected chi connectivity index (χ4v) is 3.79. The van der Waals surface area contributed by atoms with E-state index in [0.29, 0.717) is 17.0 Å². The summed E-state index contributed by atoms with van der Waals surface area (Å²) in [5.41, 5.74) is 1.24. The third-order valence-corrected chi connectivity index (χ3v) is 5.37. The van der Waals surface area contributed by atoms with Crippen LogP contribution in [-0.2, 0) is 5.41 Å². The second kappa shape index (κ2) is 5.31. The highest BCUT2D eigenvalue weighted by Gasteiger charge is 2.47. The minimum atomic E-state index is -0.246. The smallest absolute Gasteiger partial charge is 0.124 e. The number of hydrogen-bond donors (Lipinski definition) is 1. The second-order valence-electron chi connectivity index (χ2n) is 6.97. The van der Waals surface area contributed by atoms with Gasteiger partial charge in [0.15, 0.2) is 0 Å². The Balaban J connectivity index is 1.81. The van der Waals surface area contributed by atoms with E-state index in [9.17, 15) is 4.39 Å². The van der Waals surface area contributed by atoms with E-state index in [4.69, 9.17) is 11.6 Å². The SMILES string of the molecule is CC(C)C1CC(CNC2CC2)(c2ccc(F)cc2Cl)C1. The molecule has 0 saturated heterocycles. The van der Waals surface area contributed by atoms with Crippen molar-refractivity contribution in [2.45, 2.75) is 51.0 Å². The molecule has 1 aromatic rings. The molecule has 3 rings (SSSR count). The summed E-state index contributed by atoms with van der Waals surface area (Å²) in [7, 11) is 0. The maximum atomic E-state index is 13.3. The van der Waals surface area contributed by atoms with Crippen LogP contribution in [0.1, 0.15) is 45.1 Å². The molecule has 1 aromatic carbocycles. The molecule has 2 saturated carbocycles. The molecule has 1 nitrogen and oxygen atoms in total. The Morgan fingerprint density at radius 1 is 1.35 bits per heavy atom. The summed E-state index contributed by atoms with van der Waals surface area (Å²) in [5.74, 6) is 1.23. The summed E-state index contributed by atoms with van der Waals surface area (Å²) >= 11 is 6.32. The van der Waals surface area contributed by atoms with Gasteiger partial charge < -0.3 is 5.32 Å². The van der Waals surface area contributed by atoms with Crippen LogP contribution in [0.25, 0.3) is 0 Å². The standard InChI is InChI=1S/C17H23ClFN/c1-11(2)12-8-17(9-12,10-20-14-4-5-14)15-6-3-13(19)7-16(15)18/h3,6-7,11-12,14,20H,4-5,8-10H2,1-2H3. The molecule has 110 valence electrons. The van der Waals surface area contributed by atoms with Crippen molar-refractivity contribution in [1.29, 1.82) is 0 Å². The Hall–Kier alpha value is -0.600. The number of halogens is 2. The van der Waals surface area contributed by atoms with Crippen molar-refractivity contribution in [3.05, 3.63) is 34.6 Å². The molecule has 0 aromatic heterocycles. The van der Waals surface area contributed by atoms with Gasteiger partial charge in [-0.25, -0.2) is 4.39 Å². The Bertz CT molecular complexity index is 484. The van der Waals surface area contributed by atoms with Crippen LogP contribution in [0.5, 0.6) is 0 Å². The predicted molar refractivity (Wildman–Crippen MR) is 81.7 cm³/mol. The van der Waals surface area contributed by atoms with E-state index in [1.165, 1.54) is 18.9 Å². The highest BCUT2D eigenvalue weighted by Crippen LogP contribution is 2.52. The van der Waals surface area contributed by atoms with Crippen LogP contribution in [-0.4, -0.2) is 12.6 Å². The fraction of sp³-hybridized carbons (Fsp3) is 0.647. The highest BCUT2D eigenvalue weighted by molar-refractivity contribution is 6.31. The zero-order chi connectivity index (χ0) is 14.3. The van der Waals surface area contributed by atoms with Gasteiger partial charge in [0.25, 0.3) is 0 Å². The van der Waals surface area contributed by atoms with Gasteiger partial charge in [0.2, 0.25) is 0 Å². The largest absolute Gasteiger partial charge is 0.313 e. The van der Waals surface area contributed by atoms with Crippen molar-refractivity contribution in [2.75, 3.05) is 6.54 Å². The third-order valence-electron chi connectivity index (χ3n) is 5.06. The molecular formula is C17H23ClFN. The van der Waals surface area contributed by atoms with E-state index in [1.54, 1.807) is 6.07 Å². The van der Waals surface area contributed by atoms with Gasteiger partial charge in [-0.2, -0.15) is 0 Å². The average Bonchev–Trinajstić information content (AvgIpc) is 3.12. The summed E-state index contributed by atoms with van der Waals surface area (Å²) in [5, 5.41) is 4.23. The molecule has 0 aliphatic heterocycles. The van der Waals surface area contributed by atoms with Gasteiger partial charge in [-0.15, -0.1) is 0 Å². The zero-order valence-corrected chi connectivity index (χ0v) is 13.0. The van der Waals surface area contributed by atoms with E-state index < -0.39 is 0 Å². The van der Waals surface area contributed by atoms with Crippen LogP contribution in [0.4, 0.5) is 4.39 Å². The highest BCUT2D eigenvalue weighted by atomic mass is 35.5. The van der Waals surface area contributed by atoms with Gasteiger partial charge in [0.1, 0.15) is 5.82 Å². The van der Waals surface area contributed by atoms with Crippen molar-refractivity contribution >= 4 is 11.6 Å². The van der Waals surface area contributed by atoms with Crippen molar-refractivity contribution in [3.63, 3.8) is 0 Å². The van der Waals surface area contributed by atoms with Crippen LogP contribution in [0.15, 0.2) is 18.2 Å². The van der Waals surface area contributed by atoms with Crippen LogP contribution >= 0.6 is 11.6 Å². The Morgan fingerprint density at radius 2 is 2.05 bits per heavy atom. The molecule has 3 heteroatoms. The van der Waals surface area contributed by atoms with Crippen molar-refractivity contribution in [2.24, 2.45) is 11.8 Å².